The molecule has 1 heterocycles. The summed E-state index contributed by atoms with van der Waals surface area (Å²) in [6.45, 7) is 11.8. The molecule has 5 fully saturated rings. The quantitative estimate of drug-likeness (QED) is 0.529. The van der Waals surface area contributed by atoms with Crippen LogP contribution in [0.3, 0.4) is 0 Å². The molecular formula is C27H44O2. The molecule has 0 aromatic heterocycles. The highest BCUT2D eigenvalue weighted by molar-refractivity contribution is 5.80. The average Bonchev–Trinajstić information content (AvgIpc) is 3.15. The van der Waals surface area contributed by atoms with Crippen molar-refractivity contribution in [1.82, 2.24) is 0 Å². The summed E-state index contributed by atoms with van der Waals surface area (Å²) in [5.41, 5.74) is 1.07. The van der Waals surface area contributed by atoms with Gasteiger partial charge in [-0.25, -0.2) is 0 Å². The number of fused-ring (bicyclic) bond motifs is 7. The Balaban J connectivity index is 1.36. The van der Waals surface area contributed by atoms with Gasteiger partial charge in [-0.05, 0) is 91.3 Å². The van der Waals surface area contributed by atoms with Crippen molar-refractivity contribution in [1.29, 1.82) is 0 Å². The third kappa shape index (κ3) is 2.94. The largest absolute Gasteiger partial charge is 0.374 e. The van der Waals surface area contributed by atoms with Crippen molar-refractivity contribution in [2.45, 2.75) is 111 Å². The van der Waals surface area contributed by atoms with E-state index < -0.39 is 0 Å². The molecule has 164 valence electrons. The van der Waals surface area contributed by atoms with Crippen molar-refractivity contribution in [3.8, 4) is 0 Å². The van der Waals surface area contributed by atoms with Gasteiger partial charge in [0.25, 0.3) is 0 Å². The van der Waals surface area contributed by atoms with Crippen LogP contribution < -0.4 is 0 Å². The fourth-order valence-corrected chi connectivity index (χ4v) is 9.65. The van der Waals surface area contributed by atoms with Crippen LogP contribution >= 0.6 is 0 Å². The molecule has 4 saturated carbocycles. The lowest BCUT2D eigenvalue weighted by molar-refractivity contribution is -0.126. The van der Waals surface area contributed by atoms with Crippen molar-refractivity contribution < 1.29 is 9.53 Å². The first-order valence-electron chi connectivity index (χ1n) is 12.9. The van der Waals surface area contributed by atoms with Crippen LogP contribution in [0.4, 0.5) is 0 Å². The number of carbonyl (C=O) groups excluding carboxylic acids is 1. The molecule has 0 aromatic carbocycles. The summed E-state index contributed by atoms with van der Waals surface area (Å²) in [7, 11) is 0. The van der Waals surface area contributed by atoms with Crippen LogP contribution in [0.2, 0.25) is 0 Å². The Bertz CT molecular complexity index is 655. The number of hydrogen-bond donors (Lipinski definition) is 0. The second-order valence-corrected chi connectivity index (χ2v) is 12.6. The fraction of sp³-hybridized carbons (Fsp3) is 0.963. The lowest BCUT2D eigenvalue weighted by Crippen LogP contribution is -2.53. The van der Waals surface area contributed by atoms with E-state index in [-0.39, 0.29) is 12.0 Å². The standard InChI is InChI=1S/C27H44O2/c1-16(2)22(28)15-23-17(3)25-24(29-23)14-21-19-10-9-18-8-6-7-12-26(18,4)20(19)11-13-27(21,25)5/h16-21,23-25H,6-15H2,1-5H3/t17-,18?,19-,20+,21+,23?,24+,25+,26+,27+/m1/s1. The molecule has 0 spiro atoms. The van der Waals surface area contributed by atoms with Crippen LogP contribution in [0.25, 0.3) is 0 Å². The molecule has 0 amide bonds. The first-order valence-corrected chi connectivity index (χ1v) is 12.9. The van der Waals surface area contributed by atoms with Crippen LogP contribution in [-0.2, 0) is 9.53 Å². The Morgan fingerprint density at radius 2 is 1.79 bits per heavy atom. The van der Waals surface area contributed by atoms with E-state index in [1.54, 1.807) is 0 Å². The number of Topliss-reactive ketones (excluding diaryl/α,β-unsaturated/α-hetero) is 1. The summed E-state index contributed by atoms with van der Waals surface area (Å²) in [6.07, 6.45) is 14.3. The van der Waals surface area contributed by atoms with Gasteiger partial charge in [-0.2, -0.15) is 0 Å². The molecular weight excluding hydrogens is 356 g/mol. The number of carbonyl (C=O) groups is 1. The van der Waals surface area contributed by atoms with Gasteiger partial charge in [0.15, 0.2) is 0 Å². The molecule has 0 radical (unpaired) electrons. The second kappa shape index (κ2) is 7.07. The Morgan fingerprint density at radius 1 is 1.00 bits per heavy atom. The van der Waals surface area contributed by atoms with E-state index in [2.05, 4.69) is 20.8 Å². The molecule has 2 heteroatoms. The van der Waals surface area contributed by atoms with E-state index in [1.807, 2.05) is 13.8 Å². The first-order chi connectivity index (χ1) is 13.8. The molecule has 29 heavy (non-hydrogen) atoms. The Kier molecular flexibility index (Phi) is 5.01. The van der Waals surface area contributed by atoms with Crippen LogP contribution in [0.5, 0.6) is 0 Å². The monoisotopic (exact) mass is 400 g/mol. The topological polar surface area (TPSA) is 26.3 Å². The smallest absolute Gasteiger partial charge is 0.138 e. The Hall–Kier alpha value is -0.370. The third-order valence-corrected chi connectivity index (χ3v) is 11.2. The first kappa shape index (κ1) is 20.5. The molecule has 4 aliphatic carbocycles. The van der Waals surface area contributed by atoms with E-state index in [9.17, 15) is 4.79 Å². The normalized spacial score (nSPS) is 53.9. The minimum Gasteiger partial charge on any atom is -0.374 e. The minimum atomic E-state index is 0.136. The van der Waals surface area contributed by atoms with Gasteiger partial charge in [-0.15, -0.1) is 0 Å². The Labute approximate surface area is 178 Å². The number of hydrogen-bond acceptors (Lipinski definition) is 2. The van der Waals surface area contributed by atoms with E-state index >= 15 is 0 Å². The zero-order valence-electron chi connectivity index (χ0n) is 19.6. The maximum Gasteiger partial charge on any atom is 0.138 e. The van der Waals surface area contributed by atoms with Crippen LogP contribution in [0, 0.1) is 52.3 Å². The second-order valence-electron chi connectivity index (χ2n) is 12.6. The molecule has 1 aliphatic heterocycles. The molecule has 10 atom stereocenters. The van der Waals surface area contributed by atoms with Gasteiger partial charge in [0, 0.05) is 12.3 Å². The van der Waals surface area contributed by atoms with Gasteiger partial charge in [0.1, 0.15) is 5.78 Å². The van der Waals surface area contributed by atoms with Crippen LogP contribution in [0.1, 0.15) is 98.8 Å². The maximum atomic E-state index is 12.4. The van der Waals surface area contributed by atoms with Gasteiger partial charge < -0.3 is 4.74 Å². The summed E-state index contributed by atoms with van der Waals surface area (Å²) in [5, 5.41) is 0. The molecule has 2 nitrogen and oxygen atoms in total. The average molecular weight is 401 g/mol. The minimum absolute atomic E-state index is 0.136. The highest BCUT2D eigenvalue weighted by Gasteiger charge is 2.65. The van der Waals surface area contributed by atoms with Gasteiger partial charge in [-0.1, -0.05) is 47.5 Å². The molecule has 1 saturated heterocycles. The molecule has 0 aromatic rings. The van der Waals surface area contributed by atoms with Crippen molar-refractivity contribution in [2.75, 3.05) is 0 Å². The van der Waals surface area contributed by atoms with Crippen molar-refractivity contribution >= 4 is 5.78 Å². The lowest BCUT2D eigenvalue weighted by atomic mass is 9.44. The van der Waals surface area contributed by atoms with Crippen molar-refractivity contribution in [2.24, 2.45) is 52.3 Å². The van der Waals surface area contributed by atoms with Crippen molar-refractivity contribution in [3.05, 3.63) is 0 Å². The SMILES string of the molecule is CC(C)C(=O)CC1O[C@H]2C[C@H]3[C@@H]4CCC5CCCC[C@]5(C)[C@H]4CC[C@]3(C)[C@H]2[C@@H]1C. The molecule has 0 bridgehead atoms. The Morgan fingerprint density at radius 3 is 2.55 bits per heavy atom. The van der Waals surface area contributed by atoms with E-state index in [1.165, 1.54) is 57.8 Å². The van der Waals surface area contributed by atoms with Gasteiger partial charge in [0.2, 0.25) is 0 Å². The molecule has 5 aliphatic rings. The van der Waals surface area contributed by atoms with Gasteiger partial charge in [-0.3, -0.25) is 4.79 Å². The van der Waals surface area contributed by atoms with E-state index in [0.29, 0.717) is 41.0 Å². The van der Waals surface area contributed by atoms with Gasteiger partial charge in [0.05, 0.1) is 12.2 Å². The fourth-order valence-electron chi connectivity index (χ4n) is 9.65. The molecule has 2 unspecified atom stereocenters. The summed E-state index contributed by atoms with van der Waals surface area (Å²) < 4.78 is 6.67. The number of rotatable bonds is 3. The van der Waals surface area contributed by atoms with Crippen molar-refractivity contribution in [3.63, 3.8) is 0 Å². The molecule has 0 N–H and O–H groups in total. The predicted molar refractivity (Wildman–Crippen MR) is 118 cm³/mol. The maximum absolute atomic E-state index is 12.4. The summed E-state index contributed by atoms with van der Waals surface area (Å²) in [4.78, 5) is 12.4. The number of ketones is 1. The van der Waals surface area contributed by atoms with Crippen LogP contribution in [-0.4, -0.2) is 18.0 Å². The zero-order valence-corrected chi connectivity index (χ0v) is 19.6. The van der Waals surface area contributed by atoms with E-state index in [0.717, 1.165) is 23.7 Å². The highest BCUT2D eigenvalue weighted by atomic mass is 16.5. The van der Waals surface area contributed by atoms with Gasteiger partial charge >= 0.3 is 0 Å². The zero-order chi connectivity index (χ0) is 20.6. The molecule has 5 rings (SSSR count). The summed E-state index contributed by atoms with van der Waals surface area (Å²) in [6, 6.07) is 0. The van der Waals surface area contributed by atoms with E-state index in [4.69, 9.17) is 4.74 Å². The van der Waals surface area contributed by atoms with Crippen LogP contribution in [0.15, 0.2) is 0 Å². The predicted octanol–water partition coefficient (Wildman–Crippen LogP) is 6.66. The summed E-state index contributed by atoms with van der Waals surface area (Å²) in [5.74, 6) is 5.50. The lowest BCUT2D eigenvalue weighted by Gasteiger charge is -2.60. The third-order valence-electron chi connectivity index (χ3n) is 11.2. The summed E-state index contributed by atoms with van der Waals surface area (Å²) >= 11 is 0. The number of ether oxygens (including phenoxy) is 1. The highest BCUT2D eigenvalue weighted by Crippen LogP contribution is 2.70.